The van der Waals surface area contributed by atoms with E-state index < -0.39 is 4.92 Å². The smallest absolute Gasteiger partial charge is 0.281 e. The van der Waals surface area contributed by atoms with Gasteiger partial charge in [0.25, 0.3) is 5.69 Å². The van der Waals surface area contributed by atoms with E-state index in [1.54, 1.807) is 30.3 Å². The van der Waals surface area contributed by atoms with Gasteiger partial charge >= 0.3 is 0 Å². The Labute approximate surface area is 159 Å². The number of allylic oxidation sites excluding steroid dienone is 1. The highest BCUT2D eigenvalue weighted by Crippen LogP contribution is 2.33. The summed E-state index contributed by atoms with van der Waals surface area (Å²) in [6.45, 7) is 0. The van der Waals surface area contributed by atoms with Gasteiger partial charge in [-0.25, -0.2) is 0 Å². The van der Waals surface area contributed by atoms with Gasteiger partial charge in [-0.05, 0) is 48.6 Å². The lowest BCUT2D eigenvalue weighted by Crippen LogP contribution is -1.94. The molecule has 0 fully saturated rings. The Bertz CT molecular complexity index is 1110. The van der Waals surface area contributed by atoms with Gasteiger partial charge in [-0.1, -0.05) is 23.7 Å². The maximum Gasteiger partial charge on any atom is 0.281 e. The Morgan fingerprint density at radius 3 is 2.74 bits per heavy atom. The first-order chi connectivity index (χ1) is 13.0. The van der Waals surface area contributed by atoms with Crippen molar-refractivity contribution in [2.75, 3.05) is 0 Å². The molecule has 0 aliphatic carbocycles. The summed E-state index contributed by atoms with van der Waals surface area (Å²) in [6, 6.07) is 15.8. The number of halogens is 1. The van der Waals surface area contributed by atoms with Gasteiger partial charge in [0.05, 0.1) is 22.1 Å². The van der Waals surface area contributed by atoms with Crippen molar-refractivity contribution in [1.82, 2.24) is 0 Å². The van der Waals surface area contributed by atoms with Crippen molar-refractivity contribution in [3.8, 4) is 17.4 Å². The molecule has 0 N–H and O–H groups in total. The molecule has 7 heteroatoms. The molecule has 3 rings (SSSR count). The molecule has 6 nitrogen and oxygen atoms in total. The number of carbonyl (C=O) groups is 1. The largest absolute Gasteiger partial charge is 0.456 e. The zero-order chi connectivity index (χ0) is 19.4. The SMILES string of the molecule is N#Cc1cccc(C(=O)/C=C/c2ccc(-c3ccc(Cl)cc3[N+](=O)[O-])o2)c1. The van der Waals surface area contributed by atoms with Crippen molar-refractivity contribution >= 4 is 29.1 Å². The van der Waals surface area contributed by atoms with E-state index in [0.29, 0.717) is 16.9 Å². The Balaban J connectivity index is 1.84. The van der Waals surface area contributed by atoms with Crippen LogP contribution in [0, 0.1) is 21.4 Å². The first-order valence-corrected chi connectivity index (χ1v) is 8.12. The predicted octanol–water partition coefficient (Wildman–Crippen LogP) is 5.28. The molecule has 0 bridgehead atoms. The van der Waals surface area contributed by atoms with Crippen LogP contribution in [0.5, 0.6) is 0 Å². The van der Waals surface area contributed by atoms with Crippen LogP contribution in [0.3, 0.4) is 0 Å². The van der Waals surface area contributed by atoms with Crippen molar-refractivity contribution in [3.05, 3.63) is 92.7 Å². The summed E-state index contributed by atoms with van der Waals surface area (Å²) in [5, 5.41) is 20.3. The molecule has 3 aromatic rings. The van der Waals surface area contributed by atoms with Gasteiger partial charge in [-0.3, -0.25) is 14.9 Å². The Kier molecular flexibility index (Phi) is 5.15. The normalized spacial score (nSPS) is 10.7. The summed E-state index contributed by atoms with van der Waals surface area (Å²) in [7, 11) is 0. The van der Waals surface area contributed by atoms with E-state index in [-0.39, 0.29) is 27.8 Å². The second kappa shape index (κ2) is 7.68. The number of rotatable bonds is 5. The van der Waals surface area contributed by atoms with Crippen molar-refractivity contribution in [3.63, 3.8) is 0 Å². The maximum atomic E-state index is 12.2. The van der Waals surface area contributed by atoms with Gasteiger partial charge in [-0.15, -0.1) is 0 Å². The average Bonchev–Trinajstić information content (AvgIpc) is 3.14. The van der Waals surface area contributed by atoms with Gasteiger partial charge in [0.15, 0.2) is 5.78 Å². The lowest BCUT2D eigenvalue weighted by Gasteiger charge is -2.00. The summed E-state index contributed by atoms with van der Waals surface area (Å²) in [6.07, 6.45) is 2.78. The summed E-state index contributed by atoms with van der Waals surface area (Å²) in [4.78, 5) is 22.9. The van der Waals surface area contributed by atoms with Gasteiger partial charge in [0.1, 0.15) is 11.5 Å². The van der Waals surface area contributed by atoms with E-state index in [0.717, 1.165) is 0 Å². The Hall–Kier alpha value is -3.69. The third kappa shape index (κ3) is 4.11. The Morgan fingerprint density at radius 2 is 2.00 bits per heavy atom. The number of hydrogen-bond acceptors (Lipinski definition) is 5. The molecular formula is C20H11ClN2O4. The van der Waals surface area contributed by atoms with E-state index in [4.69, 9.17) is 21.3 Å². The number of nitro groups is 1. The monoisotopic (exact) mass is 378 g/mol. The predicted molar refractivity (Wildman–Crippen MR) is 100 cm³/mol. The number of benzene rings is 2. The lowest BCUT2D eigenvalue weighted by atomic mass is 10.1. The fourth-order valence-electron chi connectivity index (χ4n) is 2.45. The van der Waals surface area contributed by atoms with Crippen LogP contribution in [-0.4, -0.2) is 10.7 Å². The number of furan rings is 1. The van der Waals surface area contributed by atoms with Crippen molar-refractivity contribution in [2.24, 2.45) is 0 Å². The molecule has 0 radical (unpaired) electrons. The van der Waals surface area contributed by atoms with Crippen molar-refractivity contribution in [1.29, 1.82) is 5.26 Å². The van der Waals surface area contributed by atoms with Gasteiger partial charge in [0.2, 0.25) is 0 Å². The minimum Gasteiger partial charge on any atom is -0.456 e. The van der Waals surface area contributed by atoms with Crippen LogP contribution >= 0.6 is 11.6 Å². The second-order valence-corrected chi connectivity index (χ2v) is 5.95. The summed E-state index contributed by atoms with van der Waals surface area (Å²) in [5.74, 6) is 0.360. The van der Waals surface area contributed by atoms with E-state index >= 15 is 0 Å². The van der Waals surface area contributed by atoms with Crippen molar-refractivity contribution < 1.29 is 14.1 Å². The highest BCUT2D eigenvalue weighted by atomic mass is 35.5. The first kappa shape index (κ1) is 18.1. The molecule has 0 amide bonds. The topological polar surface area (TPSA) is 97.1 Å². The Morgan fingerprint density at radius 1 is 1.19 bits per heavy atom. The van der Waals surface area contributed by atoms with Crippen LogP contribution < -0.4 is 0 Å². The second-order valence-electron chi connectivity index (χ2n) is 5.51. The third-order valence-corrected chi connectivity index (χ3v) is 3.96. The lowest BCUT2D eigenvalue weighted by molar-refractivity contribution is -0.384. The molecule has 1 aromatic heterocycles. The van der Waals surface area contributed by atoms with E-state index in [1.807, 2.05) is 6.07 Å². The molecule has 2 aromatic carbocycles. The summed E-state index contributed by atoms with van der Waals surface area (Å²) < 4.78 is 5.59. The number of nitro benzene ring substituents is 1. The molecule has 0 aliphatic heterocycles. The third-order valence-electron chi connectivity index (χ3n) is 3.72. The van der Waals surface area contributed by atoms with Crippen molar-refractivity contribution in [2.45, 2.75) is 0 Å². The molecule has 0 spiro atoms. The molecule has 132 valence electrons. The zero-order valence-electron chi connectivity index (χ0n) is 13.8. The van der Waals surface area contributed by atoms with Crippen LogP contribution in [0.25, 0.3) is 17.4 Å². The summed E-state index contributed by atoms with van der Waals surface area (Å²) in [5.41, 5.74) is 0.892. The molecular weight excluding hydrogens is 368 g/mol. The standard InChI is InChI=1S/C20H11ClN2O4/c21-15-4-7-17(18(11-15)23(25)26)20-9-6-16(27-20)5-8-19(24)14-3-1-2-13(10-14)12-22/h1-11H/b8-5+. The van der Waals surface area contributed by atoms with E-state index in [9.17, 15) is 14.9 Å². The van der Waals surface area contributed by atoms with Crippen LogP contribution in [0.15, 0.2) is 65.1 Å². The zero-order valence-corrected chi connectivity index (χ0v) is 14.5. The molecule has 0 unspecified atom stereocenters. The molecule has 1 heterocycles. The fraction of sp³-hybridized carbons (Fsp3) is 0. The highest BCUT2D eigenvalue weighted by molar-refractivity contribution is 6.30. The minimum atomic E-state index is -0.537. The fourth-order valence-corrected chi connectivity index (χ4v) is 2.61. The minimum absolute atomic E-state index is 0.170. The number of nitrogens with zero attached hydrogens (tertiary/aromatic N) is 2. The van der Waals surface area contributed by atoms with Gasteiger partial charge in [-0.2, -0.15) is 5.26 Å². The number of carbonyl (C=O) groups excluding carboxylic acids is 1. The molecule has 0 saturated carbocycles. The molecule has 27 heavy (non-hydrogen) atoms. The van der Waals surface area contributed by atoms with Crippen LogP contribution in [0.1, 0.15) is 21.7 Å². The highest BCUT2D eigenvalue weighted by Gasteiger charge is 2.18. The average molecular weight is 379 g/mol. The quantitative estimate of drug-likeness (QED) is 0.260. The number of ketones is 1. The number of nitriles is 1. The van der Waals surface area contributed by atoms with Gasteiger partial charge in [0, 0.05) is 16.7 Å². The van der Waals surface area contributed by atoms with Crippen LogP contribution in [0.2, 0.25) is 5.02 Å². The molecule has 0 aliphatic rings. The van der Waals surface area contributed by atoms with Gasteiger partial charge < -0.3 is 4.42 Å². The first-order valence-electron chi connectivity index (χ1n) is 7.74. The van der Waals surface area contributed by atoms with Crippen LogP contribution in [0.4, 0.5) is 5.69 Å². The van der Waals surface area contributed by atoms with E-state index in [1.165, 1.54) is 36.4 Å². The van der Waals surface area contributed by atoms with E-state index in [2.05, 4.69) is 0 Å². The summed E-state index contributed by atoms with van der Waals surface area (Å²) >= 11 is 5.81. The maximum absolute atomic E-state index is 12.2. The van der Waals surface area contributed by atoms with Crippen LogP contribution in [-0.2, 0) is 0 Å². The molecule has 0 saturated heterocycles. The number of hydrogen-bond donors (Lipinski definition) is 0. The molecule has 0 atom stereocenters.